The van der Waals surface area contributed by atoms with Gasteiger partial charge in [0.05, 0.1) is 19.2 Å². The number of carbonyl (C=O) groups is 1. The van der Waals surface area contributed by atoms with Crippen LogP contribution in [0.4, 0.5) is 13.2 Å². The number of hydrogen-bond donors (Lipinski definition) is 2. The lowest BCUT2D eigenvalue weighted by Gasteiger charge is -2.22. The molecule has 1 amide bonds. The molecule has 1 rings (SSSR count). The predicted octanol–water partition coefficient (Wildman–Crippen LogP) is 3.02. The molecule has 136 valence electrons. The third kappa shape index (κ3) is 7.31. The van der Waals surface area contributed by atoms with Gasteiger partial charge in [-0.15, -0.1) is 0 Å². The zero-order chi connectivity index (χ0) is 18.2. The highest BCUT2D eigenvalue weighted by molar-refractivity contribution is 5.82. The minimum Gasteiger partial charge on any atom is -0.377 e. The third-order valence-corrected chi connectivity index (χ3v) is 3.50. The third-order valence-electron chi connectivity index (χ3n) is 3.50. The van der Waals surface area contributed by atoms with Crippen LogP contribution >= 0.6 is 0 Å². The molecule has 0 saturated heterocycles. The van der Waals surface area contributed by atoms with Crippen molar-refractivity contribution in [3.63, 3.8) is 0 Å². The summed E-state index contributed by atoms with van der Waals surface area (Å²) in [4.78, 5) is 12.2. The number of ether oxygens (including phenoxy) is 1. The number of halogens is 3. The summed E-state index contributed by atoms with van der Waals surface area (Å²) >= 11 is 0. The molecular weight excluding hydrogens is 321 g/mol. The monoisotopic (exact) mass is 346 g/mol. The van der Waals surface area contributed by atoms with Crippen LogP contribution in [0.2, 0.25) is 0 Å². The fraction of sp³-hybridized carbons (Fsp3) is 0.588. The summed E-state index contributed by atoms with van der Waals surface area (Å²) in [7, 11) is 0. The molecule has 1 atom stereocenters. The maximum Gasteiger partial charge on any atom is 0.401 e. The van der Waals surface area contributed by atoms with E-state index in [4.69, 9.17) is 4.74 Å². The van der Waals surface area contributed by atoms with Crippen molar-refractivity contribution in [2.75, 3.05) is 13.2 Å². The van der Waals surface area contributed by atoms with E-state index in [-0.39, 0.29) is 12.5 Å². The zero-order valence-electron chi connectivity index (χ0n) is 14.2. The number of benzene rings is 1. The van der Waals surface area contributed by atoms with Gasteiger partial charge < -0.3 is 10.1 Å². The predicted molar refractivity (Wildman–Crippen MR) is 86.3 cm³/mol. The number of alkyl halides is 3. The Morgan fingerprint density at radius 2 is 1.83 bits per heavy atom. The second kappa shape index (κ2) is 9.64. The summed E-state index contributed by atoms with van der Waals surface area (Å²) in [5, 5.41) is 4.99. The molecule has 0 aliphatic rings. The number of carbonyl (C=O) groups excluding carboxylic acids is 1. The van der Waals surface area contributed by atoms with Crippen LogP contribution in [0.25, 0.3) is 0 Å². The minimum atomic E-state index is -4.35. The molecule has 0 spiro atoms. The van der Waals surface area contributed by atoms with Gasteiger partial charge in [-0.05, 0) is 24.0 Å². The van der Waals surface area contributed by atoms with Crippen molar-refractivity contribution < 1.29 is 22.7 Å². The summed E-state index contributed by atoms with van der Waals surface area (Å²) in [5.74, 6) is -0.702. The van der Waals surface area contributed by atoms with Gasteiger partial charge in [-0.3, -0.25) is 10.1 Å². The molecule has 0 bridgehead atoms. The van der Waals surface area contributed by atoms with E-state index < -0.39 is 24.7 Å². The van der Waals surface area contributed by atoms with Gasteiger partial charge in [0, 0.05) is 13.2 Å². The van der Waals surface area contributed by atoms with E-state index in [1.165, 1.54) is 0 Å². The lowest BCUT2D eigenvalue weighted by molar-refractivity contribution is -0.133. The first-order chi connectivity index (χ1) is 11.2. The van der Waals surface area contributed by atoms with Crippen LogP contribution in [0.3, 0.4) is 0 Å². The number of nitrogens with one attached hydrogen (secondary N) is 2. The molecule has 0 aliphatic heterocycles. The molecule has 1 aromatic rings. The highest BCUT2D eigenvalue weighted by Gasteiger charge is 2.31. The van der Waals surface area contributed by atoms with E-state index >= 15 is 0 Å². The molecule has 0 radical (unpaired) electrons. The summed E-state index contributed by atoms with van der Waals surface area (Å²) in [5.41, 5.74) is 1.83. The van der Waals surface area contributed by atoms with Gasteiger partial charge in [0.25, 0.3) is 0 Å². The van der Waals surface area contributed by atoms with Crippen molar-refractivity contribution >= 4 is 5.91 Å². The van der Waals surface area contributed by atoms with Gasteiger partial charge in [-0.1, -0.05) is 38.1 Å². The number of amides is 1. The highest BCUT2D eigenvalue weighted by atomic mass is 19.4. The molecule has 0 fully saturated rings. The van der Waals surface area contributed by atoms with Crippen LogP contribution in [-0.2, 0) is 22.7 Å². The van der Waals surface area contributed by atoms with Gasteiger partial charge in [-0.25, -0.2) is 0 Å². The molecule has 4 nitrogen and oxygen atoms in total. The van der Waals surface area contributed by atoms with E-state index in [9.17, 15) is 18.0 Å². The summed E-state index contributed by atoms with van der Waals surface area (Å²) in [6.45, 7) is 5.38. The van der Waals surface area contributed by atoms with E-state index in [2.05, 4.69) is 10.6 Å². The normalized spacial score (nSPS) is 13.1. The van der Waals surface area contributed by atoms with E-state index in [1.54, 1.807) is 13.8 Å². The van der Waals surface area contributed by atoms with Crippen molar-refractivity contribution in [1.82, 2.24) is 10.6 Å². The maximum absolute atomic E-state index is 12.4. The molecule has 1 unspecified atom stereocenters. The van der Waals surface area contributed by atoms with E-state index in [0.29, 0.717) is 13.2 Å². The van der Waals surface area contributed by atoms with Crippen molar-refractivity contribution in [2.24, 2.45) is 5.92 Å². The van der Waals surface area contributed by atoms with Gasteiger partial charge >= 0.3 is 6.18 Å². The Balaban J connectivity index is 2.65. The first-order valence-corrected chi connectivity index (χ1v) is 7.97. The van der Waals surface area contributed by atoms with Crippen molar-refractivity contribution in [3.8, 4) is 0 Å². The molecule has 0 saturated carbocycles. The average molecular weight is 346 g/mol. The van der Waals surface area contributed by atoms with Crippen LogP contribution in [-0.4, -0.2) is 31.3 Å². The fourth-order valence-electron chi connectivity index (χ4n) is 2.23. The molecule has 0 aliphatic carbocycles. The molecule has 2 N–H and O–H groups in total. The average Bonchev–Trinajstić information content (AvgIpc) is 2.50. The van der Waals surface area contributed by atoms with Crippen molar-refractivity contribution in [2.45, 2.75) is 46.1 Å². The molecule has 0 heterocycles. The standard InChI is InChI=1S/C17H25F3N2O2/c1-4-24-10-14-8-6-5-7-13(14)9-21-16(23)15(12(2)3)22-11-17(18,19)20/h5-8,12,15,22H,4,9-11H2,1-3H3,(H,21,23). The first kappa shape index (κ1) is 20.4. The lowest BCUT2D eigenvalue weighted by atomic mass is 10.0. The summed E-state index contributed by atoms with van der Waals surface area (Å²) in [6.07, 6.45) is -4.35. The Morgan fingerprint density at radius 1 is 1.21 bits per heavy atom. The van der Waals surface area contributed by atoms with E-state index in [0.717, 1.165) is 11.1 Å². The SMILES string of the molecule is CCOCc1ccccc1CNC(=O)C(NCC(F)(F)F)C(C)C. The molecule has 24 heavy (non-hydrogen) atoms. The second-order valence-electron chi connectivity index (χ2n) is 5.84. The van der Waals surface area contributed by atoms with Gasteiger partial charge in [0.1, 0.15) is 0 Å². The fourth-order valence-corrected chi connectivity index (χ4v) is 2.23. The molecule has 7 heteroatoms. The van der Waals surface area contributed by atoms with Crippen LogP contribution in [0.1, 0.15) is 31.9 Å². The van der Waals surface area contributed by atoms with Gasteiger partial charge in [-0.2, -0.15) is 13.2 Å². The molecular formula is C17H25F3N2O2. The van der Waals surface area contributed by atoms with Crippen molar-refractivity contribution in [1.29, 1.82) is 0 Å². The Bertz CT molecular complexity index is 519. The Morgan fingerprint density at radius 3 is 2.38 bits per heavy atom. The first-order valence-electron chi connectivity index (χ1n) is 7.97. The smallest absolute Gasteiger partial charge is 0.377 e. The quantitative estimate of drug-likeness (QED) is 0.723. The Kier molecular flexibility index (Phi) is 8.21. The van der Waals surface area contributed by atoms with Gasteiger partial charge in [0.2, 0.25) is 5.91 Å². The lowest BCUT2D eigenvalue weighted by Crippen LogP contribution is -2.49. The van der Waals surface area contributed by atoms with Crippen LogP contribution in [0.5, 0.6) is 0 Å². The number of rotatable bonds is 9. The largest absolute Gasteiger partial charge is 0.401 e. The second-order valence-corrected chi connectivity index (χ2v) is 5.84. The Hall–Kier alpha value is -1.60. The van der Waals surface area contributed by atoms with Crippen LogP contribution < -0.4 is 10.6 Å². The zero-order valence-corrected chi connectivity index (χ0v) is 14.2. The van der Waals surface area contributed by atoms with E-state index in [1.807, 2.05) is 31.2 Å². The maximum atomic E-state index is 12.4. The highest BCUT2D eigenvalue weighted by Crippen LogP contribution is 2.14. The topological polar surface area (TPSA) is 50.4 Å². The van der Waals surface area contributed by atoms with Gasteiger partial charge in [0.15, 0.2) is 0 Å². The van der Waals surface area contributed by atoms with Crippen molar-refractivity contribution in [3.05, 3.63) is 35.4 Å². The molecule has 1 aromatic carbocycles. The Labute approximate surface area is 140 Å². The number of hydrogen-bond acceptors (Lipinski definition) is 3. The summed E-state index contributed by atoms with van der Waals surface area (Å²) < 4.78 is 42.4. The summed E-state index contributed by atoms with van der Waals surface area (Å²) in [6, 6.07) is 6.59. The minimum absolute atomic E-state index is 0.249. The van der Waals surface area contributed by atoms with Crippen LogP contribution in [0.15, 0.2) is 24.3 Å². The molecule has 0 aromatic heterocycles. The van der Waals surface area contributed by atoms with Crippen LogP contribution in [0, 0.1) is 5.92 Å².